The van der Waals surface area contributed by atoms with E-state index in [1.807, 2.05) is 65.7 Å². The molecule has 2 aliphatic heterocycles. The number of benzene rings is 3. The highest BCUT2D eigenvalue weighted by Gasteiger charge is 2.63. The van der Waals surface area contributed by atoms with Gasteiger partial charge in [-0.15, -0.1) is 0 Å². The predicted octanol–water partition coefficient (Wildman–Crippen LogP) is 6.24. The number of fused-ring (bicyclic) bond motifs is 3. The second-order valence-electron chi connectivity index (χ2n) is 10.1. The number of hydrogen-bond acceptors (Lipinski definition) is 6. The molecule has 6 nitrogen and oxygen atoms in total. The van der Waals surface area contributed by atoms with Crippen molar-refractivity contribution in [1.29, 1.82) is 10.5 Å². The van der Waals surface area contributed by atoms with E-state index < -0.39 is 23.4 Å². The predicted molar refractivity (Wildman–Crippen MR) is 145 cm³/mol. The van der Waals surface area contributed by atoms with E-state index in [1.54, 1.807) is 25.3 Å². The Hall–Kier alpha value is -4.55. The lowest BCUT2D eigenvalue weighted by Gasteiger charge is -2.34. The number of nitriles is 2. The molecule has 0 bridgehead atoms. The Balaban J connectivity index is 1.73. The summed E-state index contributed by atoms with van der Waals surface area (Å²) in [4.78, 5) is 16.3. The monoisotopic (exact) mass is 503 g/mol. The molecule has 0 saturated carbocycles. The standard InChI is InChI=1S/C32H29N3O3/c1-20(2)21-9-11-23(12-10-21)28-29(30(36)24-13-14-26(37-3)27(17-24)38-4)35-16-15-22-7-5-6-8-25(22)31(35)32(28,18-33)19-34/h5-17,20,28-29,31H,1-4H3/t28-,29+,31-/m0/s1. The van der Waals surface area contributed by atoms with Crippen molar-refractivity contribution in [2.24, 2.45) is 5.41 Å². The number of hydrogen-bond donors (Lipinski definition) is 0. The minimum absolute atomic E-state index is 0.190. The maximum absolute atomic E-state index is 14.4. The zero-order chi connectivity index (χ0) is 27.0. The van der Waals surface area contributed by atoms with Crippen LogP contribution in [0.25, 0.3) is 6.08 Å². The SMILES string of the molecule is COc1ccc(C(=O)[C@H]2[C@H](c3ccc(C(C)C)cc3)C(C#N)(C#N)[C@@H]3c4ccccc4C=CN32)cc1OC. The molecule has 190 valence electrons. The summed E-state index contributed by atoms with van der Waals surface area (Å²) in [7, 11) is 3.07. The fourth-order valence-corrected chi connectivity index (χ4v) is 5.92. The Labute approximate surface area is 223 Å². The Morgan fingerprint density at radius 1 is 0.947 bits per heavy atom. The number of methoxy groups -OCH3 is 2. The smallest absolute Gasteiger partial charge is 0.186 e. The second kappa shape index (κ2) is 9.72. The molecule has 0 aromatic heterocycles. The van der Waals surface area contributed by atoms with Crippen LogP contribution in [0, 0.1) is 28.1 Å². The number of Topliss-reactive ketones (excluding diaryl/α,β-unsaturated/α-hetero) is 1. The molecular formula is C32H29N3O3. The van der Waals surface area contributed by atoms with Crippen LogP contribution in [0.4, 0.5) is 0 Å². The lowest BCUT2D eigenvalue weighted by atomic mass is 9.67. The van der Waals surface area contributed by atoms with Gasteiger partial charge in [-0.1, -0.05) is 62.4 Å². The molecule has 3 atom stereocenters. The van der Waals surface area contributed by atoms with Crippen LogP contribution in [-0.2, 0) is 0 Å². The summed E-state index contributed by atoms with van der Waals surface area (Å²) >= 11 is 0. The van der Waals surface area contributed by atoms with Gasteiger partial charge in [0.25, 0.3) is 0 Å². The van der Waals surface area contributed by atoms with Crippen LogP contribution in [0.2, 0.25) is 0 Å². The van der Waals surface area contributed by atoms with E-state index in [1.165, 1.54) is 7.11 Å². The van der Waals surface area contributed by atoms with Crippen molar-refractivity contribution in [3.8, 4) is 23.6 Å². The Morgan fingerprint density at radius 3 is 2.26 bits per heavy atom. The molecule has 1 fully saturated rings. The zero-order valence-corrected chi connectivity index (χ0v) is 21.9. The van der Waals surface area contributed by atoms with Crippen molar-refractivity contribution < 1.29 is 14.3 Å². The van der Waals surface area contributed by atoms with Gasteiger partial charge in [0.2, 0.25) is 0 Å². The number of ether oxygens (including phenoxy) is 2. The molecule has 1 saturated heterocycles. The third-order valence-corrected chi connectivity index (χ3v) is 7.84. The highest BCUT2D eigenvalue weighted by Crippen LogP contribution is 2.60. The first-order chi connectivity index (χ1) is 18.4. The number of carbonyl (C=O) groups is 1. The highest BCUT2D eigenvalue weighted by atomic mass is 16.5. The average molecular weight is 504 g/mol. The van der Waals surface area contributed by atoms with E-state index in [0.717, 1.165) is 22.3 Å². The summed E-state index contributed by atoms with van der Waals surface area (Å²) < 4.78 is 10.8. The van der Waals surface area contributed by atoms with Crippen LogP contribution < -0.4 is 9.47 Å². The molecule has 0 aliphatic carbocycles. The van der Waals surface area contributed by atoms with Crippen molar-refractivity contribution in [2.45, 2.75) is 37.8 Å². The maximum Gasteiger partial charge on any atom is 0.186 e. The average Bonchev–Trinajstić information content (AvgIpc) is 3.27. The van der Waals surface area contributed by atoms with Crippen LogP contribution >= 0.6 is 0 Å². The highest BCUT2D eigenvalue weighted by molar-refractivity contribution is 6.02. The molecule has 2 aliphatic rings. The van der Waals surface area contributed by atoms with E-state index in [-0.39, 0.29) is 5.78 Å². The quantitative estimate of drug-likeness (QED) is 0.370. The summed E-state index contributed by atoms with van der Waals surface area (Å²) in [5.41, 5.74) is 2.67. The van der Waals surface area contributed by atoms with Gasteiger partial charge in [0.1, 0.15) is 6.04 Å². The van der Waals surface area contributed by atoms with E-state index >= 15 is 0 Å². The number of nitrogens with zero attached hydrogens (tertiary/aromatic N) is 3. The van der Waals surface area contributed by atoms with Crippen LogP contribution in [0.5, 0.6) is 11.5 Å². The Morgan fingerprint density at radius 2 is 1.63 bits per heavy atom. The molecular weight excluding hydrogens is 474 g/mol. The summed E-state index contributed by atoms with van der Waals surface area (Å²) in [6, 6.07) is 24.2. The minimum atomic E-state index is -1.50. The van der Waals surface area contributed by atoms with Crippen LogP contribution in [-0.4, -0.2) is 30.9 Å². The van der Waals surface area contributed by atoms with Gasteiger partial charge in [0.05, 0.1) is 32.4 Å². The molecule has 38 heavy (non-hydrogen) atoms. The van der Waals surface area contributed by atoms with Crippen molar-refractivity contribution >= 4 is 11.9 Å². The van der Waals surface area contributed by atoms with Crippen molar-refractivity contribution in [2.75, 3.05) is 14.2 Å². The molecule has 6 heteroatoms. The van der Waals surface area contributed by atoms with Crippen LogP contribution in [0.1, 0.15) is 64.3 Å². The normalized spacial score (nSPS) is 20.7. The van der Waals surface area contributed by atoms with E-state index in [2.05, 4.69) is 26.0 Å². The van der Waals surface area contributed by atoms with Gasteiger partial charge in [-0.3, -0.25) is 4.79 Å². The number of carbonyl (C=O) groups excluding carboxylic acids is 1. The Kier molecular flexibility index (Phi) is 6.43. The Bertz CT molecular complexity index is 1480. The molecule has 0 unspecified atom stereocenters. The number of ketones is 1. The van der Waals surface area contributed by atoms with Crippen molar-refractivity contribution in [3.63, 3.8) is 0 Å². The van der Waals surface area contributed by atoms with Gasteiger partial charge < -0.3 is 14.4 Å². The lowest BCUT2D eigenvalue weighted by Crippen LogP contribution is -2.37. The third-order valence-electron chi connectivity index (χ3n) is 7.84. The van der Waals surface area contributed by atoms with Crippen molar-refractivity contribution in [1.82, 2.24) is 4.90 Å². The van der Waals surface area contributed by atoms with Crippen LogP contribution in [0.15, 0.2) is 72.9 Å². The first kappa shape index (κ1) is 25.1. The molecule has 0 N–H and O–H groups in total. The van der Waals surface area contributed by atoms with Gasteiger partial charge in [-0.25, -0.2) is 0 Å². The molecule has 3 aromatic rings. The first-order valence-electron chi connectivity index (χ1n) is 12.6. The molecule has 2 heterocycles. The topological polar surface area (TPSA) is 86.3 Å². The van der Waals surface area contributed by atoms with E-state index in [0.29, 0.717) is 23.0 Å². The molecule has 0 radical (unpaired) electrons. The fraction of sp³-hybridized carbons (Fsp3) is 0.281. The van der Waals surface area contributed by atoms with Gasteiger partial charge in [0.15, 0.2) is 22.7 Å². The molecule has 0 spiro atoms. The molecule has 3 aromatic carbocycles. The summed E-state index contributed by atoms with van der Waals surface area (Å²) in [6.45, 7) is 4.23. The summed E-state index contributed by atoms with van der Waals surface area (Å²) in [6.07, 6.45) is 3.81. The summed E-state index contributed by atoms with van der Waals surface area (Å²) in [5.74, 6) is 0.404. The van der Waals surface area contributed by atoms with E-state index in [4.69, 9.17) is 9.47 Å². The second-order valence-corrected chi connectivity index (χ2v) is 10.1. The maximum atomic E-state index is 14.4. The van der Waals surface area contributed by atoms with Gasteiger partial charge in [-0.05, 0) is 52.4 Å². The third kappa shape index (κ3) is 3.73. The molecule has 0 amide bonds. The fourth-order valence-electron chi connectivity index (χ4n) is 5.92. The first-order valence-corrected chi connectivity index (χ1v) is 12.6. The largest absolute Gasteiger partial charge is 0.493 e. The minimum Gasteiger partial charge on any atom is -0.493 e. The van der Waals surface area contributed by atoms with Gasteiger partial charge in [-0.2, -0.15) is 10.5 Å². The van der Waals surface area contributed by atoms with Crippen LogP contribution in [0.3, 0.4) is 0 Å². The van der Waals surface area contributed by atoms with Crippen molar-refractivity contribution in [3.05, 3.63) is 101 Å². The number of rotatable bonds is 6. The van der Waals surface area contributed by atoms with Gasteiger partial charge >= 0.3 is 0 Å². The van der Waals surface area contributed by atoms with Gasteiger partial charge in [0, 0.05) is 17.7 Å². The molecule has 5 rings (SSSR count). The van der Waals surface area contributed by atoms with E-state index in [9.17, 15) is 15.3 Å². The lowest BCUT2D eigenvalue weighted by molar-refractivity contribution is 0.0874. The zero-order valence-electron chi connectivity index (χ0n) is 21.9. The summed E-state index contributed by atoms with van der Waals surface area (Å²) in [5, 5.41) is 21.4.